The number of thioether (sulfide) groups is 1. The molecule has 3 rings (SSSR count). The van der Waals surface area contributed by atoms with Gasteiger partial charge in [-0.3, -0.25) is 0 Å². The van der Waals surface area contributed by atoms with Gasteiger partial charge in [0.05, 0.1) is 11.0 Å². The van der Waals surface area contributed by atoms with Crippen LogP contribution in [0.3, 0.4) is 0 Å². The smallest absolute Gasteiger partial charge is 0.407 e. The van der Waals surface area contributed by atoms with Gasteiger partial charge in [-0.15, -0.1) is 0 Å². The zero-order valence-corrected chi connectivity index (χ0v) is 19.4. The number of fused-ring (bicyclic) bond motifs is 1. The topological polar surface area (TPSA) is 79.4 Å². The Morgan fingerprint density at radius 1 is 1.17 bits per heavy atom. The van der Waals surface area contributed by atoms with Crippen molar-refractivity contribution >= 4 is 52.0 Å². The highest BCUT2D eigenvalue weighted by Crippen LogP contribution is 2.26. The quantitative estimate of drug-likeness (QED) is 0.597. The van der Waals surface area contributed by atoms with Crippen LogP contribution in [0.1, 0.15) is 33.6 Å². The summed E-state index contributed by atoms with van der Waals surface area (Å²) in [6.07, 6.45) is 1.29. The number of ether oxygens (including phenoxy) is 1. The van der Waals surface area contributed by atoms with E-state index in [0.29, 0.717) is 24.1 Å². The van der Waals surface area contributed by atoms with Crippen LogP contribution in [0.4, 0.5) is 16.3 Å². The van der Waals surface area contributed by atoms with E-state index in [2.05, 4.69) is 37.6 Å². The Balaban J connectivity index is 1.50. The Morgan fingerprint density at radius 2 is 1.90 bits per heavy atom. The number of nitrogens with one attached hydrogen (secondary N) is 2. The van der Waals surface area contributed by atoms with Gasteiger partial charge >= 0.3 is 6.09 Å². The number of carbonyl (C=O) groups is 1. The molecule has 1 aliphatic rings. The summed E-state index contributed by atoms with van der Waals surface area (Å²) < 4.78 is 5.22. The predicted octanol–water partition coefficient (Wildman–Crippen LogP) is 4.55. The molecule has 0 atom stereocenters. The number of hydrogen-bond acceptors (Lipinski definition) is 7. The van der Waals surface area contributed by atoms with Crippen molar-refractivity contribution in [3.8, 4) is 0 Å². The molecule has 1 fully saturated rings. The first-order valence-electron chi connectivity index (χ1n) is 10.3. The maximum atomic E-state index is 11.6. The van der Waals surface area contributed by atoms with E-state index in [4.69, 9.17) is 16.3 Å². The highest BCUT2D eigenvalue weighted by Gasteiger charge is 2.16. The lowest BCUT2D eigenvalue weighted by atomic mass is 10.2. The molecule has 1 aliphatic heterocycles. The largest absolute Gasteiger partial charge is 0.444 e. The zero-order valence-electron chi connectivity index (χ0n) is 17.8. The summed E-state index contributed by atoms with van der Waals surface area (Å²) in [5.41, 5.74) is 2.33. The minimum Gasteiger partial charge on any atom is -0.444 e. The van der Waals surface area contributed by atoms with E-state index in [-0.39, 0.29) is 6.09 Å². The molecule has 0 unspecified atom stereocenters. The van der Waals surface area contributed by atoms with Crippen LogP contribution >= 0.6 is 23.4 Å². The van der Waals surface area contributed by atoms with Gasteiger partial charge < -0.3 is 20.3 Å². The van der Waals surface area contributed by atoms with Gasteiger partial charge in [-0.05, 0) is 51.8 Å². The van der Waals surface area contributed by atoms with Crippen LogP contribution in [-0.4, -0.2) is 59.3 Å². The zero-order chi connectivity index (χ0) is 21.6. The van der Waals surface area contributed by atoms with E-state index in [9.17, 15) is 4.79 Å². The van der Waals surface area contributed by atoms with Crippen LogP contribution in [0, 0.1) is 0 Å². The third-order valence-corrected chi connectivity index (χ3v) is 5.75. The standard InChI is InChI=1S/C21H30ClN5O2S/c1-21(2,3)29-20(28)24-9-5-4-8-23-19-18(22)25-16-7-6-15(14-17(16)26-19)27-10-12-30-13-11-27/h6-7,14H,4-5,8-13H2,1-3H3,(H,23,26)(H,24,28). The van der Waals surface area contributed by atoms with E-state index in [1.807, 2.05) is 38.6 Å². The number of unbranched alkanes of at least 4 members (excludes halogenated alkanes) is 1. The molecular weight excluding hydrogens is 422 g/mol. The number of alkyl carbamates (subject to hydrolysis) is 1. The maximum Gasteiger partial charge on any atom is 0.407 e. The third kappa shape index (κ3) is 6.80. The lowest BCUT2D eigenvalue weighted by Crippen LogP contribution is -2.33. The second-order valence-electron chi connectivity index (χ2n) is 8.20. The molecule has 164 valence electrons. The Kier molecular flexibility index (Phi) is 7.88. The molecule has 2 N–H and O–H groups in total. The van der Waals surface area contributed by atoms with Crippen molar-refractivity contribution in [2.75, 3.05) is 47.9 Å². The van der Waals surface area contributed by atoms with Crippen LogP contribution in [0.25, 0.3) is 11.0 Å². The SMILES string of the molecule is CC(C)(C)OC(=O)NCCCCNc1nc2cc(N3CCSCC3)ccc2nc1Cl. The summed E-state index contributed by atoms with van der Waals surface area (Å²) in [6.45, 7) is 8.90. The minimum atomic E-state index is -0.482. The molecule has 1 amide bonds. The lowest BCUT2D eigenvalue weighted by Gasteiger charge is -2.28. The monoisotopic (exact) mass is 451 g/mol. The number of amides is 1. The van der Waals surface area contributed by atoms with Gasteiger partial charge in [-0.1, -0.05) is 11.6 Å². The van der Waals surface area contributed by atoms with Crippen LogP contribution in [0.5, 0.6) is 0 Å². The molecule has 30 heavy (non-hydrogen) atoms. The molecule has 7 nitrogen and oxygen atoms in total. The normalized spacial score (nSPS) is 14.6. The molecule has 0 saturated carbocycles. The van der Waals surface area contributed by atoms with Gasteiger partial charge in [-0.25, -0.2) is 14.8 Å². The number of anilines is 2. The number of hydrogen-bond donors (Lipinski definition) is 2. The molecule has 0 bridgehead atoms. The van der Waals surface area contributed by atoms with E-state index in [1.165, 1.54) is 5.69 Å². The predicted molar refractivity (Wildman–Crippen MR) is 126 cm³/mol. The first-order valence-corrected chi connectivity index (χ1v) is 11.9. The van der Waals surface area contributed by atoms with E-state index < -0.39 is 5.60 Å². The maximum absolute atomic E-state index is 11.6. The second kappa shape index (κ2) is 10.4. The van der Waals surface area contributed by atoms with Crippen molar-refractivity contribution in [2.24, 2.45) is 0 Å². The second-order valence-corrected chi connectivity index (χ2v) is 9.78. The summed E-state index contributed by atoms with van der Waals surface area (Å²) in [6, 6.07) is 6.16. The van der Waals surface area contributed by atoms with Crippen molar-refractivity contribution in [1.29, 1.82) is 0 Å². The first kappa shape index (κ1) is 22.7. The van der Waals surface area contributed by atoms with E-state index in [1.54, 1.807) is 0 Å². The Labute approximate surface area is 187 Å². The Bertz CT molecular complexity index is 868. The molecule has 1 aromatic heterocycles. The number of rotatable bonds is 7. The highest BCUT2D eigenvalue weighted by molar-refractivity contribution is 7.99. The number of aromatic nitrogens is 2. The lowest BCUT2D eigenvalue weighted by molar-refractivity contribution is 0.0527. The summed E-state index contributed by atoms with van der Waals surface area (Å²) in [5.74, 6) is 2.90. The van der Waals surface area contributed by atoms with Crippen LogP contribution in [-0.2, 0) is 4.74 Å². The summed E-state index contributed by atoms with van der Waals surface area (Å²) in [4.78, 5) is 23.2. The van der Waals surface area contributed by atoms with Crippen molar-refractivity contribution in [3.63, 3.8) is 0 Å². The van der Waals surface area contributed by atoms with E-state index >= 15 is 0 Å². The molecule has 1 saturated heterocycles. The average molecular weight is 452 g/mol. The molecule has 0 spiro atoms. The number of carbonyl (C=O) groups excluding carboxylic acids is 1. The van der Waals surface area contributed by atoms with Crippen molar-refractivity contribution in [3.05, 3.63) is 23.4 Å². The van der Waals surface area contributed by atoms with Gasteiger partial charge in [0.2, 0.25) is 0 Å². The van der Waals surface area contributed by atoms with Crippen molar-refractivity contribution in [2.45, 2.75) is 39.2 Å². The third-order valence-electron chi connectivity index (χ3n) is 4.55. The fraction of sp³-hybridized carbons (Fsp3) is 0.571. The van der Waals surface area contributed by atoms with E-state index in [0.717, 1.165) is 48.5 Å². The summed E-state index contributed by atoms with van der Waals surface area (Å²) in [5, 5.41) is 6.40. The number of benzene rings is 1. The van der Waals surface area contributed by atoms with Crippen molar-refractivity contribution < 1.29 is 9.53 Å². The average Bonchev–Trinajstić information content (AvgIpc) is 2.70. The van der Waals surface area contributed by atoms with Crippen molar-refractivity contribution in [1.82, 2.24) is 15.3 Å². The fourth-order valence-electron chi connectivity index (χ4n) is 3.11. The van der Waals surface area contributed by atoms with Crippen LogP contribution in [0.15, 0.2) is 18.2 Å². The molecule has 0 aliphatic carbocycles. The first-order chi connectivity index (χ1) is 14.3. The minimum absolute atomic E-state index is 0.372. The molecule has 0 radical (unpaired) electrons. The van der Waals surface area contributed by atoms with Gasteiger partial charge in [-0.2, -0.15) is 11.8 Å². The molecule has 9 heteroatoms. The molecular formula is C21H30ClN5O2S. The summed E-state index contributed by atoms with van der Waals surface area (Å²) in [7, 11) is 0. The van der Waals surface area contributed by atoms with Gasteiger partial charge in [0, 0.05) is 43.4 Å². The molecule has 2 heterocycles. The fourth-order valence-corrected chi connectivity index (χ4v) is 4.22. The Hall–Kier alpha value is -1.93. The van der Waals surface area contributed by atoms with Gasteiger partial charge in [0.15, 0.2) is 11.0 Å². The van der Waals surface area contributed by atoms with Crippen LogP contribution < -0.4 is 15.5 Å². The van der Waals surface area contributed by atoms with Gasteiger partial charge in [0.25, 0.3) is 0 Å². The molecule has 1 aromatic carbocycles. The Morgan fingerprint density at radius 3 is 2.63 bits per heavy atom. The highest BCUT2D eigenvalue weighted by atomic mass is 35.5. The molecule has 2 aromatic rings. The van der Waals surface area contributed by atoms with Crippen LogP contribution in [0.2, 0.25) is 5.15 Å². The van der Waals surface area contributed by atoms with Gasteiger partial charge in [0.1, 0.15) is 5.60 Å². The number of nitrogens with zero attached hydrogens (tertiary/aromatic N) is 3. The number of halogens is 1. The summed E-state index contributed by atoms with van der Waals surface area (Å²) >= 11 is 8.30.